The molecule has 1 aromatic carbocycles. The molecule has 0 spiro atoms. The van der Waals surface area contributed by atoms with E-state index >= 15 is 0 Å². The quantitative estimate of drug-likeness (QED) is 0.767. The van der Waals surface area contributed by atoms with Crippen LogP contribution in [-0.4, -0.2) is 70.8 Å². The zero-order valence-corrected chi connectivity index (χ0v) is 16.4. The maximum Gasteiger partial charge on any atom is 0.243 e. The van der Waals surface area contributed by atoms with Crippen LogP contribution in [0.15, 0.2) is 17.0 Å². The molecule has 1 heterocycles. The second kappa shape index (κ2) is 7.11. The highest BCUT2D eigenvalue weighted by molar-refractivity contribution is 7.90. The largest absolute Gasteiger partial charge is 0.300 e. The maximum atomic E-state index is 13.0. The number of nitrogens with zero attached hydrogens (tertiary/aromatic N) is 2. The van der Waals surface area contributed by atoms with Crippen LogP contribution in [0.3, 0.4) is 0 Å². The van der Waals surface area contributed by atoms with Crippen molar-refractivity contribution in [1.29, 1.82) is 0 Å². The third-order valence-electron chi connectivity index (χ3n) is 4.31. The Morgan fingerprint density at radius 1 is 0.917 bits per heavy atom. The van der Waals surface area contributed by atoms with Crippen LogP contribution in [0.25, 0.3) is 0 Å². The molecule has 2 rings (SSSR count). The highest BCUT2D eigenvalue weighted by Gasteiger charge is 2.30. The molecule has 24 heavy (non-hydrogen) atoms. The zero-order valence-electron chi connectivity index (χ0n) is 14.7. The number of piperazine rings is 1. The summed E-state index contributed by atoms with van der Waals surface area (Å²) >= 11 is 0. The van der Waals surface area contributed by atoms with Crippen LogP contribution in [0.2, 0.25) is 0 Å². The minimum absolute atomic E-state index is 0.107. The Hall–Kier alpha value is -0.960. The molecule has 0 N–H and O–H groups in total. The summed E-state index contributed by atoms with van der Waals surface area (Å²) in [6.45, 7) is 7.95. The van der Waals surface area contributed by atoms with Crippen LogP contribution in [0, 0.1) is 20.8 Å². The molecular formula is C16H26N2O4S2. The molecule has 1 aliphatic rings. The Balaban J connectivity index is 2.11. The predicted octanol–water partition coefficient (Wildman–Crippen LogP) is 0.963. The fraction of sp³-hybridized carbons (Fsp3) is 0.625. The van der Waals surface area contributed by atoms with Gasteiger partial charge in [0.15, 0.2) is 0 Å². The Kier molecular flexibility index (Phi) is 5.74. The molecule has 8 heteroatoms. The van der Waals surface area contributed by atoms with Crippen LogP contribution in [-0.2, 0) is 19.9 Å². The normalized spacial score (nSPS) is 18.0. The minimum Gasteiger partial charge on any atom is -0.300 e. The molecule has 0 aromatic heterocycles. The standard InChI is InChI=1S/C16H26N2O4S2/c1-13-11-14(2)16(15(3)12-13)24(21,22)18-7-5-17(6-8-18)9-10-23(4,19)20/h11-12H,5-10H2,1-4H3. The molecule has 136 valence electrons. The monoisotopic (exact) mass is 374 g/mol. The smallest absolute Gasteiger partial charge is 0.243 e. The molecule has 1 aromatic rings. The summed E-state index contributed by atoms with van der Waals surface area (Å²) in [6.07, 6.45) is 1.22. The number of hydrogen-bond acceptors (Lipinski definition) is 5. The van der Waals surface area contributed by atoms with Gasteiger partial charge < -0.3 is 0 Å². The molecular weight excluding hydrogens is 348 g/mol. The van der Waals surface area contributed by atoms with Crippen molar-refractivity contribution in [2.45, 2.75) is 25.7 Å². The van der Waals surface area contributed by atoms with E-state index in [1.807, 2.05) is 37.8 Å². The van der Waals surface area contributed by atoms with Crippen molar-refractivity contribution in [1.82, 2.24) is 9.21 Å². The molecule has 0 amide bonds. The van der Waals surface area contributed by atoms with Gasteiger partial charge >= 0.3 is 0 Å². The highest BCUT2D eigenvalue weighted by atomic mass is 32.2. The number of sulfonamides is 1. The van der Waals surface area contributed by atoms with E-state index in [9.17, 15) is 16.8 Å². The summed E-state index contributed by atoms with van der Waals surface area (Å²) in [5.74, 6) is 0.107. The first-order valence-corrected chi connectivity index (χ1v) is 11.5. The van der Waals surface area contributed by atoms with E-state index in [0.29, 0.717) is 37.6 Å². The third-order valence-corrected chi connectivity index (χ3v) is 7.44. The Morgan fingerprint density at radius 2 is 1.42 bits per heavy atom. The van der Waals surface area contributed by atoms with E-state index < -0.39 is 19.9 Å². The summed E-state index contributed by atoms with van der Waals surface area (Å²) in [5.41, 5.74) is 2.59. The topological polar surface area (TPSA) is 74.8 Å². The van der Waals surface area contributed by atoms with Crippen molar-refractivity contribution in [3.05, 3.63) is 28.8 Å². The van der Waals surface area contributed by atoms with Gasteiger partial charge in [-0.25, -0.2) is 16.8 Å². The predicted molar refractivity (Wildman–Crippen MR) is 95.6 cm³/mol. The number of aryl methyl sites for hydroxylation is 3. The van der Waals surface area contributed by atoms with Gasteiger partial charge in [0.25, 0.3) is 0 Å². The van der Waals surface area contributed by atoms with E-state index in [1.165, 1.54) is 10.6 Å². The lowest BCUT2D eigenvalue weighted by Gasteiger charge is -2.34. The van der Waals surface area contributed by atoms with E-state index in [2.05, 4.69) is 0 Å². The summed E-state index contributed by atoms with van der Waals surface area (Å²) in [7, 11) is -6.52. The van der Waals surface area contributed by atoms with Crippen LogP contribution in [0.4, 0.5) is 0 Å². The first-order chi connectivity index (χ1) is 11.0. The molecule has 0 saturated carbocycles. The molecule has 1 aliphatic heterocycles. The molecule has 1 fully saturated rings. The third kappa shape index (κ3) is 4.56. The molecule has 0 aliphatic carbocycles. The van der Waals surface area contributed by atoms with Gasteiger partial charge in [-0.3, -0.25) is 4.90 Å². The van der Waals surface area contributed by atoms with Crippen molar-refractivity contribution in [3.8, 4) is 0 Å². The van der Waals surface area contributed by atoms with Crippen molar-refractivity contribution in [3.63, 3.8) is 0 Å². The van der Waals surface area contributed by atoms with E-state index in [1.54, 1.807) is 0 Å². The van der Waals surface area contributed by atoms with Gasteiger partial charge in [-0.05, 0) is 31.9 Å². The fourth-order valence-corrected chi connectivity index (χ4v) is 5.61. The summed E-state index contributed by atoms with van der Waals surface area (Å²) in [6, 6.07) is 3.78. The molecule has 0 radical (unpaired) electrons. The summed E-state index contributed by atoms with van der Waals surface area (Å²) in [5, 5.41) is 0. The second-order valence-corrected chi connectivity index (χ2v) is 10.7. The summed E-state index contributed by atoms with van der Waals surface area (Å²) in [4.78, 5) is 2.40. The van der Waals surface area contributed by atoms with Gasteiger partial charge in [0.1, 0.15) is 9.84 Å². The lowest BCUT2D eigenvalue weighted by molar-refractivity contribution is 0.197. The Bertz CT molecular complexity index is 785. The van der Waals surface area contributed by atoms with E-state index in [4.69, 9.17) is 0 Å². The lowest BCUT2D eigenvalue weighted by atomic mass is 10.1. The van der Waals surface area contributed by atoms with Crippen LogP contribution >= 0.6 is 0 Å². The van der Waals surface area contributed by atoms with Gasteiger partial charge in [-0.15, -0.1) is 0 Å². The Labute approximate surface area is 145 Å². The zero-order chi connectivity index (χ0) is 18.1. The number of benzene rings is 1. The van der Waals surface area contributed by atoms with Gasteiger partial charge in [-0.2, -0.15) is 4.31 Å². The first kappa shape index (κ1) is 19.4. The average Bonchev–Trinajstić information content (AvgIpc) is 2.43. The van der Waals surface area contributed by atoms with Crippen LogP contribution in [0.5, 0.6) is 0 Å². The van der Waals surface area contributed by atoms with Crippen molar-refractivity contribution in [2.75, 3.05) is 44.7 Å². The average molecular weight is 375 g/mol. The SMILES string of the molecule is Cc1cc(C)c(S(=O)(=O)N2CCN(CCS(C)(=O)=O)CC2)c(C)c1. The minimum atomic E-state index is -3.52. The second-order valence-electron chi connectivity index (χ2n) is 6.60. The van der Waals surface area contributed by atoms with Gasteiger partial charge in [0.2, 0.25) is 10.0 Å². The molecule has 0 unspecified atom stereocenters. The molecule has 1 saturated heterocycles. The summed E-state index contributed by atoms with van der Waals surface area (Å²) < 4.78 is 50.0. The molecule has 6 nitrogen and oxygen atoms in total. The molecule has 0 atom stereocenters. The maximum absolute atomic E-state index is 13.0. The van der Waals surface area contributed by atoms with Gasteiger partial charge in [-0.1, -0.05) is 17.7 Å². The van der Waals surface area contributed by atoms with Crippen molar-refractivity contribution >= 4 is 19.9 Å². The van der Waals surface area contributed by atoms with Gasteiger partial charge in [0.05, 0.1) is 10.6 Å². The Morgan fingerprint density at radius 3 is 1.88 bits per heavy atom. The van der Waals surface area contributed by atoms with Crippen molar-refractivity contribution in [2.24, 2.45) is 0 Å². The van der Waals surface area contributed by atoms with Crippen molar-refractivity contribution < 1.29 is 16.8 Å². The van der Waals surface area contributed by atoms with Crippen LogP contribution < -0.4 is 0 Å². The fourth-order valence-electron chi connectivity index (χ4n) is 3.19. The lowest BCUT2D eigenvalue weighted by Crippen LogP contribution is -2.49. The number of sulfone groups is 1. The molecule has 0 bridgehead atoms. The van der Waals surface area contributed by atoms with Crippen LogP contribution in [0.1, 0.15) is 16.7 Å². The highest BCUT2D eigenvalue weighted by Crippen LogP contribution is 2.26. The first-order valence-electron chi connectivity index (χ1n) is 7.99. The van der Waals surface area contributed by atoms with Gasteiger partial charge in [0, 0.05) is 39.0 Å². The van der Waals surface area contributed by atoms with E-state index in [0.717, 1.165) is 16.7 Å². The number of rotatable bonds is 5. The number of hydrogen-bond donors (Lipinski definition) is 0. The van der Waals surface area contributed by atoms with E-state index in [-0.39, 0.29) is 5.75 Å².